The van der Waals surface area contributed by atoms with Crippen molar-refractivity contribution in [2.24, 2.45) is 5.73 Å². The summed E-state index contributed by atoms with van der Waals surface area (Å²) in [5, 5.41) is 0.581. The van der Waals surface area contributed by atoms with Gasteiger partial charge in [0.05, 0.1) is 0 Å². The maximum absolute atomic E-state index is 11.8. The van der Waals surface area contributed by atoms with Gasteiger partial charge in [0.1, 0.15) is 5.75 Å². The number of carbonyl (C=O) groups excluding carboxylic acids is 1. The zero-order chi connectivity index (χ0) is 12.8. The number of likely N-dealkylation sites (N-methyl/N-ethyl adjacent to an activating group) is 1. The Bertz CT molecular complexity index is 385. The van der Waals surface area contributed by atoms with Crippen molar-refractivity contribution >= 4 is 17.5 Å². The van der Waals surface area contributed by atoms with E-state index < -0.39 is 6.10 Å². The average Bonchev–Trinajstić information content (AvgIpc) is 2.28. The summed E-state index contributed by atoms with van der Waals surface area (Å²) in [5.74, 6) is 0.481. The van der Waals surface area contributed by atoms with E-state index in [4.69, 9.17) is 22.1 Å². The van der Waals surface area contributed by atoms with E-state index in [2.05, 4.69) is 0 Å². The summed E-state index contributed by atoms with van der Waals surface area (Å²) in [6.07, 6.45) is -0.551. The lowest BCUT2D eigenvalue weighted by Crippen LogP contribution is -2.40. The summed E-state index contributed by atoms with van der Waals surface area (Å²) < 4.78 is 5.51. The Kier molecular flexibility index (Phi) is 5.25. The maximum Gasteiger partial charge on any atom is 0.263 e. The monoisotopic (exact) mass is 256 g/mol. The molecule has 2 N–H and O–H groups in total. The minimum Gasteiger partial charge on any atom is -0.481 e. The van der Waals surface area contributed by atoms with Gasteiger partial charge in [-0.15, -0.1) is 0 Å². The first-order valence-electron chi connectivity index (χ1n) is 5.42. The van der Waals surface area contributed by atoms with Crippen LogP contribution < -0.4 is 10.5 Å². The summed E-state index contributed by atoms with van der Waals surface area (Å²) in [5.41, 5.74) is 5.39. The molecule has 0 saturated carbocycles. The van der Waals surface area contributed by atoms with Crippen molar-refractivity contribution in [2.75, 3.05) is 20.1 Å². The standard InChI is InChI=1S/C12H17ClN2O2/c1-9(12(16)15(2)7-6-14)17-11-5-3-4-10(13)8-11/h3-5,8-9H,6-7,14H2,1-2H3. The zero-order valence-corrected chi connectivity index (χ0v) is 10.8. The second-order valence-corrected chi connectivity index (χ2v) is 4.20. The van der Waals surface area contributed by atoms with Crippen LogP contribution in [0.1, 0.15) is 6.92 Å². The van der Waals surface area contributed by atoms with E-state index in [0.717, 1.165) is 0 Å². The highest BCUT2D eigenvalue weighted by atomic mass is 35.5. The molecule has 5 heteroatoms. The second-order valence-electron chi connectivity index (χ2n) is 3.77. The van der Waals surface area contributed by atoms with Gasteiger partial charge in [-0.05, 0) is 25.1 Å². The molecule has 0 aliphatic rings. The maximum atomic E-state index is 11.8. The van der Waals surface area contributed by atoms with Crippen LogP contribution in [-0.4, -0.2) is 37.0 Å². The molecular formula is C12H17ClN2O2. The van der Waals surface area contributed by atoms with Crippen molar-refractivity contribution in [3.63, 3.8) is 0 Å². The number of nitrogens with two attached hydrogens (primary N) is 1. The van der Waals surface area contributed by atoms with E-state index in [-0.39, 0.29) is 5.91 Å². The van der Waals surface area contributed by atoms with Crippen molar-refractivity contribution in [1.29, 1.82) is 0 Å². The topological polar surface area (TPSA) is 55.6 Å². The first-order valence-corrected chi connectivity index (χ1v) is 5.79. The summed E-state index contributed by atoms with van der Waals surface area (Å²) in [7, 11) is 1.70. The molecular weight excluding hydrogens is 240 g/mol. The summed E-state index contributed by atoms with van der Waals surface area (Å²) >= 11 is 5.83. The summed E-state index contributed by atoms with van der Waals surface area (Å²) in [4.78, 5) is 13.4. The highest BCUT2D eigenvalue weighted by Gasteiger charge is 2.18. The minimum absolute atomic E-state index is 0.101. The van der Waals surface area contributed by atoms with Gasteiger partial charge in [0.15, 0.2) is 6.10 Å². The lowest BCUT2D eigenvalue weighted by Gasteiger charge is -2.21. The molecule has 94 valence electrons. The molecule has 1 unspecified atom stereocenters. The molecule has 1 aromatic carbocycles. The second kappa shape index (κ2) is 6.47. The molecule has 1 atom stereocenters. The highest BCUT2D eigenvalue weighted by Crippen LogP contribution is 2.18. The molecule has 0 radical (unpaired) electrons. The van der Waals surface area contributed by atoms with E-state index in [1.807, 2.05) is 0 Å². The number of nitrogens with zero attached hydrogens (tertiary/aromatic N) is 1. The normalized spacial score (nSPS) is 12.0. The number of benzene rings is 1. The number of halogens is 1. The number of hydrogen-bond acceptors (Lipinski definition) is 3. The third kappa shape index (κ3) is 4.24. The Labute approximate surface area is 106 Å². The van der Waals surface area contributed by atoms with Gasteiger partial charge in [0.25, 0.3) is 5.91 Å². The molecule has 1 aromatic rings. The molecule has 1 rings (SSSR count). The summed E-state index contributed by atoms with van der Waals surface area (Å²) in [6.45, 7) is 2.66. The van der Waals surface area contributed by atoms with Crippen LogP contribution in [0.3, 0.4) is 0 Å². The molecule has 0 spiro atoms. The number of rotatable bonds is 5. The van der Waals surface area contributed by atoms with E-state index in [0.29, 0.717) is 23.9 Å². The van der Waals surface area contributed by atoms with Gasteiger partial charge < -0.3 is 15.4 Å². The Morgan fingerprint density at radius 3 is 2.88 bits per heavy atom. The fourth-order valence-electron chi connectivity index (χ4n) is 1.41. The third-order valence-corrected chi connectivity index (χ3v) is 2.53. The number of amides is 1. The van der Waals surface area contributed by atoms with Crippen LogP contribution in [0, 0.1) is 0 Å². The van der Waals surface area contributed by atoms with Crippen LogP contribution in [0.15, 0.2) is 24.3 Å². The highest BCUT2D eigenvalue weighted by molar-refractivity contribution is 6.30. The van der Waals surface area contributed by atoms with Gasteiger partial charge in [-0.3, -0.25) is 4.79 Å². The first-order chi connectivity index (χ1) is 8.04. The third-order valence-electron chi connectivity index (χ3n) is 2.30. The van der Waals surface area contributed by atoms with E-state index in [1.165, 1.54) is 0 Å². The predicted octanol–water partition coefficient (Wildman–Crippen LogP) is 1.52. The van der Waals surface area contributed by atoms with E-state index in [9.17, 15) is 4.79 Å². The first kappa shape index (κ1) is 13.8. The minimum atomic E-state index is -0.551. The van der Waals surface area contributed by atoms with Crippen LogP contribution in [-0.2, 0) is 4.79 Å². The molecule has 0 bridgehead atoms. The predicted molar refractivity (Wildman–Crippen MR) is 68.2 cm³/mol. The van der Waals surface area contributed by atoms with Gasteiger partial charge in [-0.2, -0.15) is 0 Å². The smallest absolute Gasteiger partial charge is 0.263 e. The van der Waals surface area contributed by atoms with Crippen LogP contribution in [0.4, 0.5) is 0 Å². The van der Waals surface area contributed by atoms with E-state index >= 15 is 0 Å². The Hall–Kier alpha value is -1.26. The molecule has 0 saturated heterocycles. The molecule has 0 fully saturated rings. The Balaban J connectivity index is 2.59. The van der Waals surface area contributed by atoms with Crippen molar-refractivity contribution in [3.05, 3.63) is 29.3 Å². The largest absolute Gasteiger partial charge is 0.481 e. The van der Waals surface area contributed by atoms with Gasteiger partial charge in [0, 0.05) is 25.2 Å². The van der Waals surface area contributed by atoms with E-state index in [1.54, 1.807) is 43.1 Å². The molecule has 0 aliphatic heterocycles. The van der Waals surface area contributed by atoms with Crippen LogP contribution in [0.2, 0.25) is 5.02 Å². The van der Waals surface area contributed by atoms with Crippen molar-refractivity contribution in [2.45, 2.75) is 13.0 Å². The number of hydrogen-bond donors (Lipinski definition) is 1. The lowest BCUT2D eigenvalue weighted by molar-refractivity contribution is -0.136. The quantitative estimate of drug-likeness (QED) is 0.869. The van der Waals surface area contributed by atoms with Crippen LogP contribution in [0.25, 0.3) is 0 Å². The summed E-state index contributed by atoms with van der Waals surface area (Å²) in [6, 6.07) is 6.97. The molecule has 4 nitrogen and oxygen atoms in total. The van der Waals surface area contributed by atoms with Crippen molar-refractivity contribution in [1.82, 2.24) is 4.90 Å². The van der Waals surface area contributed by atoms with Crippen LogP contribution in [0.5, 0.6) is 5.75 Å². The van der Waals surface area contributed by atoms with Gasteiger partial charge in [0.2, 0.25) is 0 Å². The van der Waals surface area contributed by atoms with Crippen molar-refractivity contribution < 1.29 is 9.53 Å². The van der Waals surface area contributed by atoms with Gasteiger partial charge in [-0.25, -0.2) is 0 Å². The van der Waals surface area contributed by atoms with Gasteiger partial charge in [-0.1, -0.05) is 17.7 Å². The fraction of sp³-hybridized carbons (Fsp3) is 0.417. The average molecular weight is 257 g/mol. The number of carbonyl (C=O) groups is 1. The molecule has 1 amide bonds. The molecule has 0 aliphatic carbocycles. The lowest BCUT2D eigenvalue weighted by atomic mass is 10.3. The van der Waals surface area contributed by atoms with Crippen molar-refractivity contribution in [3.8, 4) is 5.75 Å². The van der Waals surface area contributed by atoms with Gasteiger partial charge >= 0.3 is 0 Å². The molecule has 0 heterocycles. The zero-order valence-electron chi connectivity index (χ0n) is 10.0. The Morgan fingerprint density at radius 2 is 2.29 bits per heavy atom. The van der Waals surface area contributed by atoms with Crippen LogP contribution >= 0.6 is 11.6 Å². The fourth-order valence-corrected chi connectivity index (χ4v) is 1.59. The SMILES string of the molecule is CC(Oc1cccc(Cl)c1)C(=O)N(C)CCN. The molecule has 17 heavy (non-hydrogen) atoms. The number of ether oxygens (including phenoxy) is 1. The molecule has 0 aromatic heterocycles. The Morgan fingerprint density at radius 1 is 1.59 bits per heavy atom.